The van der Waals surface area contributed by atoms with Gasteiger partial charge in [-0.3, -0.25) is 9.59 Å². The van der Waals surface area contributed by atoms with E-state index in [9.17, 15) is 14.7 Å². The minimum atomic E-state index is -0.741. The molecule has 1 heterocycles. The van der Waals surface area contributed by atoms with Crippen LogP contribution in [0.25, 0.3) is 5.76 Å². The van der Waals surface area contributed by atoms with Gasteiger partial charge in [0.05, 0.1) is 31.4 Å². The van der Waals surface area contributed by atoms with Crippen molar-refractivity contribution in [3.05, 3.63) is 64.2 Å². The summed E-state index contributed by atoms with van der Waals surface area (Å²) >= 11 is 0. The Bertz CT molecular complexity index is 1070. The third kappa shape index (κ3) is 4.88. The Morgan fingerprint density at radius 3 is 2.30 bits per heavy atom. The Labute approximate surface area is 194 Å². The quantitative estimate of drug-likeness (QED) is 0.367. The molecule has 1 atom stereocenters. The molecule has 7 nitrogen and oxygen atoms in total. The van der Waals surface area contributed by atoms with Gasteiger partial charge in [-0.15, -0.1) is 0 Å². The van der Waals surface area contributed by atoms with Gasteiger partial charge in [-0.05, 0) is 68.7 Å². The van der Waals surface area contributed by atoms with Crippen molar-refractivity contribution < 1.29 is 28.9 Å². The maximum atomic E-state index is 13.1. The van der Waals surface area contributed by atoms with E-state index in [1.807, 2.05) is 39.8 Å². The molecular weight excluding hydrogens is 422 g/mol. The third-order valence-electron chi connectivity index (χ3n) is 5.64. The highest BCUT2D eigenvalue weighted by molar-refractivity contribution is 6.46. The van der Waals surface area contributed by atoms with Crippen LogP contribution in [0.1, 0.15) is 42.1 Å². The topological polar surface area (TPSA) is 85.3 Å². The molecule has 1 unspecified atom stereocenters. The van der Waals surface area contributed by atoms with Crippen LogP contribution in [-0.2, 0) is 14.3 Å². The maximum absolute atomic E-state index is 13.1. The van der Waals surface area contributed by atoms with Crippen LogP contribution in [0.4, 0.5) is 0 Å². The molecule has 1 aliphatic rings. The number of amides is 1. The number of carbonyl (C=O) groups is 2. The molecule has 0 aromatic heterocycles. The van der Waals surface area contributed by atoms with Crippen molar-refractivity contribution in [3.8, 4) is 11.5 Å². The van der Waals surface area contributed by atoms with E-state index in [0.29, 0.717) is 22.6 Å². The highest BCUT2D eigenvalue weighted by Gasteiger charge is 2.46. The van der Waals surface area contributed by atoms with Crippen LogP contribution in [0.5, 0.6) is 11.5 Å². The lowest BCUT2D eigenvalue weighted by molar-refractivity contribution is -0.140. The average molecular weight is 454 g/mol. The van der Waals surface area contributed by atoms with Crippen LogP contribution in [0.15, 0.2) is 42.0 Å². The number of hydrogen-bond donors (Lipinski definition) is 1. The zero-order valence-corrected chi connectivity index (χ0v) is 20.0. The molecule has 33 heavy (non-hydrogen) atoms. The van der Waals surface area contributed by atoms with Crippen molar-refractivity contribution in [1.82, 2.24) is 4.90 Å². The number of hydrogen-bond acceptors (Lipinski definition) is 6. The molecule has 0 saturated carbocycles. The second-order valence-electron chi connectivity index (χ2n) is 8.36. The SMILES string of the molecule is COCCN1C(=O)C(=O)/C(=C(/O)c2cc(C)c(OC)cc2C)C1c1ccc(OC(C)C)cc1. The summed E-state index contributed by atoms with van der Waals surface area (Å²) in [6, 6.07) is 10.1. The van der Waals surface area contributed by atoms with Gasteiger partial charge in [-0.25, -0.2) is 0 Å². The monoisotopic (exact) mass is 453 g/mol. The van der Waals surface area contributed by atoms with Crippen LogP contribution in [0.2, 0.25) is 0 Å². The maximum Gasteiger partial charge on any atom is 0.295 e. The summed E-state index contributed by atoms with van der Waals surface area (Å²) in [6.45, 7) is 8.04. The van der Waals surface area contributed by atoms with Crippen LogP contribution in [-0.4, -0.2) is 55.2 Å². The van der Waals surface area contributed by atoms with Crippen LogP contribution in [0.3, 0.4) is 0 Å². The number of aryl methyl sites for hydroxylation is 2. The lowest BCUT2D eigenvalue weighted by Crippen LogP contribution is -2.32. The number of Topliss-reactive ketones (excluding diaryl/α,β-unsaturated/α-hetero) is 1. The van der Waals surface area contributed by atoms with E-state index in [0.717, 1.165) is 11.1 Å². The third-order valence-corrected chi connectivity index (χ3v) is 5.64. The molecule has 1 fully saturated rings. The number of aliphatic hydroxyl groups is 1. The molecule has 1 aliphatic heterocycles. The van der Waals surface area contributed by atoms with Crippen LogP contribution in [0, 0.1) is 13.8 Å². The Kier molecular flexibility index (Phi) is 7.43. The first-order valence-electron chi connectivity index (χ1n) is 10.9. The highest BCUT2D eigenvalue weighted by atomic mass is 16.5. The summed E-state index contributed by atoms with van der Waals surface area (Å²) in [5.74, 6) is -0.219. The number of nitrogens with zero attached hydrogens (tertiary/aromatic N) is 1. The standard InChI is InChI=1S/C26H31NO6/c1-15(2)33-19-9-7-18(8-10-19)23-22(25(29)26(30)27(23)11-12-31-5)24(28)20-13-17(4)21(32-6)14-16(20)3/h7-10,13-15,23,28H,11-12H2,1-6H3/b24-22+. The molecule has 0 aliphatic carbocycles. The summed E-state index contributed by atoms with van der Waals surface area (Å²) in [4.78, 5) is 27.5. The molecule has 1 N–H and O–H groups in total. The van der Waals surface area contributed by atoms with Gasteiger partial charge in [0.25, 0.3) is 11.7 Å². The number of ketones is 1. The zero-order chi connectivity index (χ0) is 24.3. The lowest BCUT2D eigenvalue weighted by atomic mass is 9.93. The number of ether oxygens (including phenoxy) is 3. The van der Waals surface area contributed by atoms with Crippen molar-refractivity contribution in [3.63, 3.8) is 0 Å². The van der Waals surface area contributed by atoms with Crippen molar-refractivity contribution in [2.24, 2.45) is 0 Å². The van der Waals surface area contributed by atoms with Gasteiger partial charge in [-0.2, -0.15) is 0 Å². The molecule has 2 aromatic carbocycles. The van der Waals surface area contributed by atoms with Crippen molar-refractivity contribution >= 4 is 17.4 Å². The van der Waals surface area contributed by atoms with Crippen LogP contribution < -0.4 is 9.47 Å². The number of benzene rings is 2. The summed E-state index contributed by atoms with van der Waals surface area (Å²) in [5.41, 5.74) is 2.79. The van der Waals surface area contributed by atoms with Gasteiger partial charge in [0.15, 0.2) is 0 Å². The molecule has 3 rings (SSSR count). The first-order chi connectivity index (χ1) is 15.7. The van der Waals surface area contributed by atoms with Crippen molar-refractivity contribution in [2.75, 3.05) is 27.4 Å². The summed E-state index contributed by atoms with van der Waals surface area (Å²) in [6.07, 6.45) is 0.0180. The molecule has 0 radical (unpaired) electrons. The minimum absolute atomic E-state index is 0.0180. The molecule has 2 aromatic rings. The summed E-state index contributed by atoms with van der Waals surface area (Å²) in [5, 5.41) is 11.3. The van der Waals surface area contributed by atoms with Crippen LogP contribution >= 0.6 is 0 Å². The largest absolute Gasteiger partial charge is 0.507 e. The highest BCUT2D eigenvalue weighted by Crippen LogP contribution is 2.40. The number of aliphatic hydroxyl groups excluding tert-OH is 1. The Morgan fingerprint density at radius 2 is 1.73 bits per heavy atom. The fourth-order valence-electron chi connectivity index (χ4n) is 4.06. The summed E-state index contributed by atoms with van der Waals surface area (Å²) < 4.78 is 16.2. The Balaban J connectivity index is 2.15. The van der Waals surface area contributed by atoms with Gasteiger partial charge in [-0.1, -0.05) is 12.1 Å². The number of methoxy groups -OCH3 is 2. The molecule has 0 spiro atoms. The van der Waals surface area contributed by atoms with Crippen molar-refractivity contribution in [1.29, 1.82) is 0 Å². The van der Waals surface area contributed by atoms with E-state index in [4.69, 9.17) is 14.2 Å². The van der Waals surface area contributed by atoms with Gasteiger partial charge in [0.2, 0.25) is 0 Å². The van der Waals surface area contributed by atoms with Gasteiger partial charge >= 0.3 is 0 Å². The first kappa shape index (κ1) is 24.3. The average Bonchev–Trinajstić information content (AvgIpc) is 3.03. The van der Waals surface area contributed by atoms with Gasteiger partial charge < -0.3 is 24.2 Å². The number of likely N-dealkylation sites (tertiary alicyclic amines) is 1. The minimum Gasteiger partial charge on any atom is -0.507 e. The zero-order valence-electron chi connectivity index (χ0n) is 20.0. The predicted octanol–water partition coefficient (Wildman–Crippen LogP) is 4.17. The van der Waals surface area contributed by atoms with E-state index in [-0.39, 0.29) is 30.6 Å². The van der Waals surface area contributed by atoms with E-state index in [1.54, 1.807) is 31.4 Å². The summed E-state index contributed by atoms with van der Waals surface area (Å²) in [7, 11) is 3.11. The lowest BCUT2D eigenvalue weighted by Gasteiger charge is -2.25. The fourth-order valence-corrected chi connectivity index (χ4v) is 4.06. The number of rotatable bonds is 8. The smallest absolute Gasteiger partial charge is 0.295 e. The Hall–Kier alpha value is -3.32. The van der Waals surface area contributed by atoms with E-state index in [2.05, 4.69) is 0 Å². The number of carbonyl (C=O) groups excluding carboxylic acids is 2. The van der Waals surface area contributed by atoms with E-state index < -0.39 is 17.7 Å². The molecule has 7 heteroatoms. The molecule has 176 valence electrons. The molecule has 0 bridgehead atoms. The van der Waals surface area contributed by atoms with Crippen molar-refractivity contribution in [2.45, 2.75) is 39.8 Å². The van der Waals surface area contributed by atoms with E-state index in [1.165, 1.54) is 12.0 Å². The normalized spacial score (nSPS) is 17.7. The van der Waals surface area contributed by atoms with E-state index >= 15 is 0 Å². The van der Waals surface area contributed by atoms with Gasteiger partial charge in [0.1, 0.15) is 17.3 Å². The Morgan fingerprint density at radius 1 is 1.06 bits per heavy atom. The second-order valence-corrected chi connectivity index (χ2v) is 8.36. The fraction of sp³-hybridized carbons (Fsp3) is 0.385. The molecule has 1 saturated heterocycles. The molecule has 1 amide bonds. The molecular formula is C26H31NO6. The second kappa shape index (κ2) is 10.1. The first-order valence-corrected chi connectivity index (χ1v) is 10.9. The predicted molar refractivity (Wildman–Crippen MR) is 126 cm³/mol. The van der Waals surface area contributed by atoms with Gasteiger partial charge in [0, 0.05) is 19.2 Å².